The van der Waals surface area contributed by atoms with Crippen LogP contribution in [0.4, 0.5) is 27.6 Å². The van der Waals surface area contributed by atoms with Crippen molar-refractivity contribution in [2.24, 2.45) is 17.2 Å². The average Bonchev–Trinajstić information content (AvgIpc) is 1.63. The van der Waals surface area contributed by atoms with E-state index in [9.17, 15) is 41.1 Å². The first kappa shape index (κ1) is 79.4. The lowest BCUT2D eigenvalue weighted by atomic mass is 9.79. The van der Waals surface area contributed by atoms with E-state index < -0.39 is 65.1 Å². The van der Waals surface area contributed by atoms with E-state index in [-0.39, 0.29) is 80.4 Å². The molecule has 4 aliphatic rings. The van der Waals surface area contributed by atoms with Crippen LogP contribution in [0.3, 0.4) is 0 Å². The number of halogens is 16. The number of aromatic nitrogens is 6. The fourth-order valence-electron chi connectivity index (χ4n) is 10.9. The van der Waals surface area contributed by atoms with E-state index in [0.29, 0.717) is 92.4 Å². The zero-order valence-electron chi connectivity index (χ0n) is 53.7. The maximum absolute atomic E-state index is 13.8. The number of hydrogen-bond acceptors (Lipinski definition) is 10. The van der Waals surface area contributed by atoms with Gasteiger partial charge in [-0.05, 0) is 119 Å². The molecule has 18 nitrogen and oxygen atoms in total. The topological polar surface area (TPSA) is 238 Å². The second kappa shape index (κ2) is 33.2. The van der Waals surface area contributed by atoms with Crippen LogP contribution in [0.2, 0.25) is 50.2 Å². The summed E-state index contributed by atoms with van der Waals surface area (Å²) in [6, 6.07) is 20.9. The molecule has 13 rings (SSSR count). The van der Waals surface area contributed by atoms with Crippen molar-refractivity contribution in [3.63, 3.8) is 0 Å². The number of benzene rings is 6. The number of hydrogen-bond donors (Lipinski definition) is 4. The summed E-state index contributed by atoms with van der Waals surface area (Å²) in [6.07, 6.45) is 2.88. The predicted octanol–water partition coefficient (Wildman–Crippen LogP) is 17.2. The van der Waals surface area contributed by atoms with E-state index in [0.717, 1.165) is 43.6 Å². The smallest absolute Gasteiger partial charge is 0.399 e. The van der Waals surface area contributed by atoms with Gasteiger partial charge in [0.15, 0.2) is 34.8 Å². The molecule has 0 atom stereocenters. The Hall–Kier alpha value is -6.71. The lowest BCUT2D eigenvalue weighted by molar-refractivity contribution is -0.132. The van der Waals surface area contributed by atoms with Gasteiger partial charge in [0.1, 0.15) is 17.1 Å². The van der Waals surface area contributed by atoms with Crippen molar-refractivity contribution in [2.75, 3.05) is 13.1 Å². The van der Waals surface area contributed by atoms with Gasteiger partial charge in [-0.2, -0.15) is 15.3 Å². The lowest BCUT2D eigenvalue weighted by Crippen LogP contribution is -2.41. The van der Waals surface area contributed by atoms with Gasteiger partial charge in [-0.15, -0.1) is 0 Å². The molecule has 0 unspecified atom stereocenters. The number of nitrogens with zero attached hydrogens (tertiary/aromatic N) is 8. The van der Waals surface area contributed by atoms with Crippen LogP contribution in [0.25, 0.3) is 38.6 Å². The van der Waals surface area contributed by atoms with Crippen molar-refractivity contribution in [1.82, 2.24) is 39.6 Å². The minimum Gasteiger partial charge on any atom is -0.399 e. The normalized spacial score (nSPS) is 14.6. The summed E-state index contributed by atoms with van der Waals surface area (Å²) in [5, 5.41) is 15.5. The lowest BCUT2D eigenvalue weighted by Gasteiger charge is -2.32. The standard InChI is InChI=1S/C22H16Cl2FN5O2.C14H12Cl2FN3O.C13H11Cl2FN4O.C12H14BCl2FO2.C6H2BrCl2F/c1-27-14-4-2-12(3-5-14)8-18(31)29-6-7-30-17(11-29)19(22(26)32)21(28-30)13-9-15(23)20(25)16(24)10-13;15-8-5-7(6-9(16)12(8)17)13-11(14(18)21)10-3-1-2-4-20(10)19-13;14-7-3-6(4-8(15)11(7)16)12-10(13(17)21)9-5-18-1-2-20(9)19-12;1-11(2)12(3,4)18-13(17-11)7-5-8(14)10(16)9(15)6-7;7-3-1-4(8)6(10)5(9)2-3/h2-5,9-10H,6-8,11H2,(H2,26,32);5-6H,1-4H2,(H2,18,21);3-4,18H,1-2,5H2,(H2,17,21);5-6H,1-4H3;1-2H. The third kappa shape index (κ3) is 17.8. The first-order chi connectivity index (χ1) is 48.0. The van der Waals surface area contributed by atoms with Crippen molar-refractivity contribution < 1.29 is 50.4 Å². The van der Waals surface area contributed by atoms with Gasteiger partial charge in [-0.3, -0.25) is 33.2 Å². The van der Waals surface area contributed by atoms with Gasteiger partial charge < -0.3 is 36.7 Å². The third-order valence-electron chi connectivity index (χ3n) is 16.7. The van der Waals surface area contributed by atoms with Gasteiger partial charge in [-0.1, -0.05) is 156 Å². The Bertz CT molecular complexity index is 4590. The molecular formula is C67H55BBrCl10F5N12O6. The highest BCUT2D eigenvalue weighted by Crippen LogP contribution is 2.40. The fraction of sp³-hybridized carbons (Fsp3) is 0.254. The van der Waals surface area contributed by atoms with E-state index in [1.807, 2.05) is 27.7 Å². The van der Waals surface area contributed by atoms with Gasteiger partial charge in [-0.25, -0.2) is 26.8 Å². The zero-order valence-corrected chi connectivity index (χ0v) is 62.9. The van der Waals surface area contributed by atoms with Crippen LogP contribution in [-0.2, 0) is 59.7 Å². The van der Waals surface area contributed by atoms with Crippen molar-refractivity contribution in [1.29, 1.82) is 0 Å². The Morgan fingerprint density at radius 2 is 0.912 bits per heavy atom. The third-order valence-corrected chi connectivity index (χ3v) is 19.9. The van der Waals surface area contributed by atoms with Crippen LogP contribution in [0.5, 0.6) is 0 Å². The molecule has 6 aromatic carbocycles. The van der Waals surface area contributed by atoms with Crippen LogP contribution in [0.1, 0.15) is 94.3 Å². The van der Waals surface area contributed by atoms with Crippen molar-refractivity contribution in [2.45, 2.75) is 97.3 Å². The first-order valence-electron chi connectivity index (χ1n) is 30.4. The maximum Gasteiger partial charge on any atom is 0.494 e. The number of aryl methyl sites for hydroxylation is 1. The monoisotopic (exact) mass is 1660 g/mol. The van der Waals surface area contributed by atoms with Crippen LogP contribution in [0.15, 0.2) is 89.4 Å². The molecule has 1 saturated heterocycles. The van der Waals surface area contributed by atoms with Crippen molar-refractivity contribution >= 4 is 174 Å². The highest BCUT2D eigenvalue weighted by molar-refractivity contribution is 9.10. The quantitative estimate of drug-likeness (QED) is 0.0350. The molecule has 0 aliphatic carbocycles. The summed E-state index contributed by atoms with van der Waals surface area (Å²) in [5.74, 6) is -5.34. The van der Waals surface area contributed by atoms with Crippen LogP contribution in [0, 0.1) is 35.7 Å². The van der Waals surface area contributed by atoms with Gasteiger partial charge in [0, 0.05) is 47.3 Å². The number of carbonyl (C=O) groups is 4. The summed E-state index contributed by atoms with van der Waals surface area (Å²) in [6.45, 7) is 18.3. The zero-order chi connectivity index (χ0) is 74.7. The molecule has 7 N–H and O–H groups in total. The van der Waals surface area contributed by atoms with E-state index in [1.165, 1.54) is 60.7 Å². The fourth-order valence-corrected chi connectivity index (χ4v) is 14.1. The van der Waals surface area contributed by atoms with Crippen LogP contribution in [-0.4, -0.2) is 89.3 Å². The first-order valence-corrected chi connectivity index (χ1v) is 35.0. The Morgan fingerprint density at radius 3 is 1.32 bits per heavy atom. The molecule has 9 aromatic rings. The number of nitrogens with two attached hydrogens (primary N) is 3. The van der Waals surface area contributed by atoms with Crippen LogP contribution >= 0.6 is 132 Å². The van der Waals surface area contributed by atoms with Crippen molar-refractivity contribution in [3.05, 3.63) is 219 Å². The average molecular weight is 1660 g/mol. The summed E-state index contributed by atoms with van der Waals surface area (Å²) < 4.78 is 84.3. The Labute approximate surface area is 639 Å². The molecule has 0 spiro atoms. The number of primary amides is 3. The molecule has 0 saturated carbocycles. The second-order valence-electron chi connectivity index (χ2n) is 24.0. The largest absolute Gasteiger partial charge is 0.494 e. The molecule has 3 aromatic heterocycles. The summed E-state index contributed by atoms with van der Waals surface area (Å²) >= 11 is 60.6. The highest BCUT2D eigenvalue weighted by Gasteiger charge is 2.52. The molecule has 0 bridgehead atoms. The summed E-state index contributed by atoms with van der Waals surface area (Å²) in [5.41, 5.74) is 22.7. The Morgan fingerprint density at radius 1 is 0.539 bits per heavy atom. The Balaban J connectivity index is 0.000000154. The highest BCUT2D eigenvalue weighted by atomic mass is 79.9. The molecule has 1 fully saturated rings. The second-order valence-corrected chi connectivity index (χ2v) is 29.0. The van der Waals surface area contributed by atoms with E-state index in [4.69, 9.17) is 149 Å². The minimum absolute atomic E-state index is 0.0272. The van der Waals surface area contributed by atoms with Gasteiger partial charge in [0.25, 0.3) is 17.7 Å². The van der Waals surface area contributed by atoms with Gasteiger partial charge in [0.05, 0.1) is 128 Å². The predicted molar refractivity (Wildman–Crippen MR) is 391 cm³/mol. The molecule has 35 heteroatoms. The summed E-state index contributed by atoms with van der Waals surface area (Å²) in [4.78, 5) is 53.7. The number of rotatable bonds is 9. The van der Waals surface area contributed by atoms with E-state index in [1.54, 1.807) is 43.2 Å². The van der Waals surface area contributed by atoms with Gasteiger partial charge in [0.2, 0.25) is 5.91 Å². The molecular weight excluding hydrogens is 1610 g/mol. The summed E-state index contributed by atoms with van der Waals surface area (Å²) in [7, 11) is -0.592. The maximum atomic E-state index is 13.8. The van der Waals surface area contributed by atoms with E-state index >= 15 is 0 Å². The molecule has 7 heterocycles. The molecule has 534 valence electrons. The number of fused-ring (bicyclic) bond motifs is 3. The molecule has 102 heavy (non-hydrogen) atoms. The number of carbonyl (C=O) groups excluding carboxylic acids is 4. The van der Waals surface area contributed by atoms with Gasteiger partial charge >= 0.3 is 7.12 Å². The number of amides is 4. The van der Waals surface area contributed by atoms with Crippen LogP contribution < -0.4 is 28.0 Å². The molecule has 4 aliphatic heterocycles. The molecule has 4 amide bonds. The Kier molecular flexibility index (Phi) is 25.8. The molecule has 0 radical (unpaired) electrons. The SMILES string of the molecule is CC1(C)OB(c2cc(Cl)c(F)c(Cl)c2)OC1(C)C.Fc1c(Cl)cc(Br)cc1Cl.NC(=O)c1c(-c2cc(Cl)c(F)c(Cl)c2)nn2c1CCCC2.NC(=O)c1c(-c2cc(Cl)c(F)c(Cl)c2)nn2c1CNCC2.[C-]#[N+]c1ccc(CC(=O)N2CCn3nc(-c4cc(Cl)c(F)c(Cl)c4)c(C(N)=O)c3C2)cc1. The number of nitrogens with one attached hydrogen (secondary N) is 1. The minimum atomic E-state index is -0.761. The van der Waals surface area contributed by atoms with Crippen molar-refractivity contribution in [3.8, 4) is 33.8 Å². The van der Waals surface area contributed by atoms with E-state index in [2.05, 4.69) is 41.4 Å².